The summed E-state index contributed by atoms with van der Waals surface area (Å²) in [7, 11) is 0. The zero-order valence-electron chi connectivity index (χ0n) is 15.1. The third-order valence-corrected chi connectivity index (χ3v) is 4.39. The summed E-state index contributed by atoms with van der Waals surface area (Å²) in [4.78, 5) is 16.3. The summed E-state index contributed by atoms with van der Waals surface area (Å²) in [6.07, 6.45) is -10.1. The smallest absolute Gasteiger partial charge is 0.437 e. The maximum atomic E-state index is 11.7. The molecule has 1 aromatic rings. The highest BCUT2D eigenvalue weighted by Gasteiger charge is 2.46. The number of benzene rings is 1. The molecule has 6 N–H and O–H groups in total. The van der Waals surface area contributed by atoms with Crippen molar-refractivity contribution in [3.05, 3.63) is 30.3 Å². The van der Waals surface area contributed by atoms with Gasteiger partial charge in [0.1, 0.15) is 24.4 Å². The predicted molar refractivity (Wildman–Crippen MR) is 94.6 cm³/mol. The lowest BCUT2D eigenvalue weighted by molar-refractivity contribution is -0.184. The quantitative estimate of drug-likeness (QED) is 0.228. The number of oxime groups is 1. The van der Waals surface area contributed by atoms with Gasteiger partial charge in [-0.2, -0.15) is 0 Å². The van der Waals surface area contributed by atoms with Crippen LogP contribution in [0.1, 0.15) is 0 Å². The molecule has 0 aromatic heterocycles. The fraction of sp³-hybridized carbons (Fsp3) is 0.529. The summed E-state index contributed by atoms with van der Waals surface area (Å²) in [5.41, 5.74) is 0.468. The number of aliphatic hydroxyl groups excluding tert-OH is 5. The Morgan fingerprint density at radius 1 is 1.07 bits per heavy atom. The molecule has 2 fully saturated rings. The Morgan fingerprint density at radius 3 is 2.45 bits per heavy atom. The minimum Gasteiger partial charge on any atom is -0.468 e. The number of anilines is 1. The molecule has 0 saturated carbocycles. The van der Waals surface area contributed by atoms with Crippen LogP contribution in [0.15, 0.2) is 35.5 Å². The maximum absolute atomic E-state index is 11.7. The summed E-state index contributed by atoms with van der Waals surface area (Å²) in [6, 6.07) is 8.44. The van der Waals surface area contributed by atoms with Gasteiger partial charge in [0, 0.05) is 5.69 Å². The van der Waals surface area contributed by atoms with Gasteiger partial charge < -0.3 is 39.7 Å². The zero-order chi connectivity index (χ0) is 21.0. The van der Waals surface area contributed by atoms with Crippen LogP contribution in [-0.4, -0.2) is 93.7 Å². The molecule has 2 unspecified atom stereocenters. The van der Waals surface area contributed by atoms with Crippen LogP contribution in [0.3, 0.4) is 0 Å². The number of nitrogens with zero attached hydrogens (tertiary/aromatic N) is 1. The van der Waals surface area contributed by atoms with E-state index in [2.05, 4.69) is 15.3 Å². The molecule has 0 aliphatic carbocycles. The summed E-state index contributed by atoms with van der Waals surface area (Å²) >= 11 is 0. The number of hydrogen-bond acceptors (Lipinski definition) is 11. The molecule has 0 bridgehead atoms. The van der Waals surface area contributed by atoms with Crippen molar-refractivity contribution in [1.29, 1.82) is 0 Å². The van der Waals surface area contributed by atoms with Gasteiger partial charge in [-0.15, -0.1) is 0 Å². The second-order valence-electron chi connectivity index (χ2n) is 6.43. The van der Waals surface area contributed by atoms with Crippen molar-refractivity contribution in [2.75, 3.05) is 18.5 Å². The highest BCUT2D eigenvalue weighted by atomic mass is 16.7. The second kappa shape index (κ2) is 9.45. The molecule has 2 aliphatic rings. The molecule has 0 spiro atoms. The molecule has 0 radical (unpaired) electrons. The van der Waals surface area contributed by atoms with Crippen LogP contribution in [0.5, 0.6) is 0 Å². The molecule has 12 heteroatoms. The number of para-hydroxylation sites is 1. The molecule has 160 valence electrons. The molecule has 7 atom stereocenters. The van der Waals surface area contributed by atoms with E-state index in [9.17, 15) is 25.2 Å². The molecule has 3 rings (SSSR count). The minimum absolute atomic E-state index is 0.347. The highest BCUT2D eigenvalue weighted by molar-refractivity contribution is 5.87. The number of rotatable bonds is 6. The molecule has 2 aliphatic heterocycles. The van der Waals surface area contributed by atoms with Crippen LogP contribution in [-0.2, 0) is 19.0 Å². The van der Waals surface area contributed by atoms with E-state index in [-0.39, 0.29) is 6.61 Å². The maximum Gasteiger partial charge on any atom is 0.437 e. The van der Waals surface area contributed by atoms with Crippen molar-refractivity contribution in [1.82, 2.24) is 0 Å². The van der Waals surface area contributed by atoms with Crippen LogP contribution in [0.4, 0.5) is 10.5 Å². The Kier molecular flexibility index (Phi) is 6.97. The van der Waals surface area contributed by atoms with Crippen LogP contribution >= 0.6 is 0 Å². The molecule has 2 heterocycles. The van der Waals surface area contributed by atoms with E-state index < -0.39 is 61.5 Å². The van der Waals surface area contributed by atoms with Crippen LogP contribution < -0.4 is 5.32 Å². The zero-order valence-corrected chi connectivity index (χ0v) is 15.1. The summed E-state index contributed by atoms with van der Waals surface area (Å²) < 4.78 is 15.6. The normalized spacial score (nSPS) is 35.5. The number of carbonyl (C=O) groups is 1. The van der Waals surface area contributed by atoms with Gasteiger partial charge in [-0.3, -0.25) is 10.2 Å². The second-order valence-corrected chi connectivity index (χ2v) is 6.43. The molecule has 1 amide bonds. The van der Waals surface area contributed by atoms with Gasteiger partial charge >= 0.3 is 6.09 Å². The van der Waals surface area contributed by atoms with Crippen molar-refractivity contribution in [3.8, 4) is 0 Å². The van der Waals surface area contributed by atoms with Crippen molar-refractivity contribution >= 4 is 17.7 Å². The van der Waals surface area contributed by atoms with Crippen molar-refractivity contribution in [2.45, 2.75) is 42.9 Å². The number of aliphatic hydroxyl groups is 5. The fourth-order valence-corrected chi connectivity index (χ4v) is 2.79. The molecule has 1 aromatic carbocycles. The van der Waals surface area contributed by atoms with Gasteiger partial charge in [-0.05, 0) is 17.3 Å². The number of carbonyl (C=O) groups excluding carboxylic acids is 1. The van der Waals surface area contributed by atoms with Gasteiger partial charge in [-0.25, -0.2) is 4.79 Å². The Balaban J connectivity index is 1.50. The average Bonchev–Trinajstić information content (AvgIpc) is 3.15. The van der Waals surface area contributed by atoms with E-state index in [0.29, 0.717) is 5.69 Å². The molecular weight excluding hydrogens is 392 g/mol. The number of nitrogens with one attached hydrogen (secondary N) is 1. The van der Waals surface area contributed by atoms with Crippen molar-refractivity contribution in [2.24, 2.45) is 5.16 Å². The highest BCUT2D eigenvalue weighted by Crippen LogP contribution is 2.24. The molecular formula is C17H22N2O10. The topological polar surface area (TPSA) is 180 Å². The molecule has 12 nitrogen and oxygen atoms in total. The summed E-state index contributed by atoms with van der Waals surface area (Å²) in [6.45, 7) is -0.863. The summed E-state index contributed by atoms with van der Waals surface area (Å²) in [5.74, 6) is -0.435. The Morgan fingerprint density at radius 2 is 1.79 bits per heavy atom. The van der Waals surface area contributed by atoms with Crippen molar-refractivity contribution < 1.29 is 49.4 Å². The number of hydrogen-bond donors (Lipinski definition) is 6. The average molecular weight is 414 g/mol. The van der Waals surface area contributed by atoms with E-state index in [1.54, 1.807) is 30.3 Å². The monoisotopic (exact) mass is 414 g/mol. The molecule has 2 saturated heterocycles. The van der Waals surface area contributed by atoms with Gasteiger partial charge in [-0.1, -0.05) is 18.2 Å². The first kappa shape index (κ1) is 21.4. The van der Waals surface area contributed by atoms with E-state index >= 15 is 0 Å². The minimum atomic E-state index is -1.57. The third kappa shape index (κ3) is 5.00. The van der Waals surface area contributed by atoms with Gasteiger partial charge in [0.25, 0.3) is 5.90 Å². The van der Waals surface area contributed by atoms with Crippen molar-refractivity contribution in [3.63, 3.8) is 0 Å². The van der Waals surface area contributed by atoms with E-state index in [1.807, 2.05) is 0 Å². The first-order valence-corrected chi connectivity index (χ1v) is 8.78. The molecule has 29 heavy (non-hydrogen) atoms. The van der Waals surface area contributed by atoms with E-state index in [1.165, 1.54) is 0 Å². The predicted octanol–water partition coefficient (Wildman–Crippen LogP) is -1.88. The first-order chi connectivity index (χ1) is 13.9. The number of ether oxygens (including phenoxy) is 3. The van der Waals surface area contributed by atoms with E-state index in [4.69, 9.17) is 19.3 Å². The largest absolute Gasteiger partial charge is 0.468 e. The lowest BCUT2D eigenvalue weighted by atomic mass is 10.1. The lowest BCUT2D eigenvalue weighted by Gasteiger charge is -2.19. The van der Waals surface area contributed by atoms with Gasteiger partial charge in [0.2, 0.25) is 0 Å². The van der Waals surface area contributed by atoms with Crippen LogP contribution in [0, 0.1) is 0 Å². The van der Waals surface area contributed by atoms with Gasteiger partial charge in [0.05, 0.1) is 13.2 Å². The van der Waals surface area contributed by atoms with E-state index in [0.717, 1.165) is 0 Å². The van der Waals surface area contributed by atoms with Crippen LogP contribution in [0.25, 0.3) is 0 Å². The Labute approximate surface area is 164 Å². The SMILES string of the molecule is O=C(Nc1ccccc1)O/N=C1\O[C@@H](CO[C@@H]2O[C@@H](CO)[C@@H](O)C2O)[C@@H](O)C1O. The number of amides is 1. The Bertz CT molecular complexity index is 717. The Hall–Kier alpha value is -2.32. The van der Waals surface area contributed by atoms with Gasteiger partial charge in [0.15, 0.2) is 18.5 Å². The lowest BCUT2D eigenvalue weighted by Crippen LogP contribution is -2.38. The standard InChI is InChI=1S/C17H22N2O10/c20-6-9-11(21)14(24)16(28-9)26-7-10-12(22)13(23)15(27-10)19-29-17(25)18-8-4-2-1-3-5-8/h1-5,9-14,16,20-24H,6-7H2,(H,18,25)/b19-15-/t9-,10-,11+,12+,13?,14?,16+/m0/s1. The fourth-order valence-electron chi connectivity index (χ4n) is 2.79. The summed E-state index contributed by atoms with van der Waals surface area (Å²) in [5, 5.41) is 54.3. The van der Waals surface area contributed by atoms with Crippen LogP contribution in [0.2, 0.25) is 0 Å². The third-order valence-electron chi connectivity index (χ3n) is 4.39. The first-order valence-electron chi connectivity index (χ1n) is 8.78.